The van der Waals surface area contributed by atoms with Gasteiger partial charge in [-0.1, -0.05) is 55.0 Å². The van der Waals surface area contributed by atoms with Crippen molar-refractivity contribution in [3.05, 3.63) is 71.0 Å². The molecular weight excluding hydrogens is 355 g/mol. The van der Waals surface area contributed by atoms with Crippen molar-refractivity contribution in [3.63, 3.8) is 0 Å². The van der Waals surface area contributed by atoms with E-state index in [1.807, 2.05) is 45.0 Å². The molecule has 0 heterocycles. The van der Waals surface area contributed by atoms with Crippen LogP contribution in [0.5, 0.6) is 0 Å². The summed E-state index contributed by atoms with van der Waals surface area (Å²) < 4.78 is 14.2. The molecule has 0 fully saturated rings. The number of carbonyl (C=O) groups excluding carboxylic acids is 2. The van der Waals surface area contributed by atoms with Gasteiger partial charge in [0.05, 0.1) is 6.42 Å². The van der Waals surface area contributed by atoms with Crippen molar-refractivity contribution in [1.82, 2.24) is 10.2 Å². The summed E-state index contributed by atoms with van der Waals surface area (Å²) in [5.74, 6) is -0.825. The number of aryl methyl sites for hydroxylation is 1. The molecule has 0 saturated carbocycles. The zero-order valence-corrected chi connectivity index (χ0v) is 17.0. The maximum absolute atomic E-state index is 14.2. The third-order valence-corrected chi connectivity index (χ3v) is 4.90. The van der Waals surface area contributed by atoms with E-state index in [1.54, 1.807) is 25.1 Å². The van der Waals surface area contributed by atoms with Gasteiger partial charge in [-0.05, 0) is 38.8 Å². The molecule has 2 aromatic carbocycles. The third-order valence-electron chi connectivity index (χ3n) is 4.90. The Labute approximate surface area is 166 Å². The van der Waals surface area contributed by atoms with E-state index in [-0.39, 0.29) is 36.6 Å². The molecule has 28 heavy (non-hydrogen) atoms. The SMILES string of the molecule is CCC(C)NC(=O)C(C)N(Cc1ccccc1F)C(=O)Cc1cccc(C)c1. The predicted octanol–water partition coefficient (Wildman–Crippen LogP) is 4.01. The number of benzene rings is 2. The average molecular weight is 384 g/mol. The lowest BCUT2D eigenvalue weighted by Gasteiger charge is -2.30. The zero-order chi connectivity index (χ0) is 20.7. The number of rotatable bonds is 8. The van der Waals surface area contributed by atoms with E-state index in [0.717, 1.165) is 17.5 Å². The molecule has 2 atom stereocenters. The summed E-state index contributed by atoms with van der Waals surface area (Å²) in [7, 11) is 0. The van der Waals surface area contributed by atoms with Crippen LogP contribution in [0.2, 0.25) is 0 Å². The molecule has 0 aliphatic rings. The Hall–Kier alpha value is -2.69. The number of nitrogens with one attached hydrogen (secondary N) is 1. The summed E-state index contributed by atoms with van der Waals surface area (Å²) in [6.07, 6.45) is 0.958. The average Bonchev–Trinajstić information content (AvgIpc) is 2.66. The first-order valence-corrected chi connectivity index (χ1v) is 9.70. The first-order valence-electron chi connectivity index (χ1n) is 9.70. The molecule has 0 aliphatic heterocycles. The minimum atomic E-state index is -0.703. The van der Waals surface area contributed by atoms with Crippen molar-refractivity contribution in [3.8, 4) is 0 Å². The van der Waals surface area contributed by atoms with Crippen molar-refractivity contribution in [2.45, 2.75) is 59.2 Å². The fourth-order valence-corrected chi connectivity index (χ4v) is 2.96. The Morgan fingerprint density at radius 1 is 1.11 bits per heavy atom. The summed E-state index contributed by atoms with van der Waals surface area (Å²) >= 11 is 0. The predicted molar refractivity (Wildman–Crippen MR) is 109 cm³/mol. The van der Waals surface area contributed by atoms with Crippen LogP contribution in [-0.4, -0.2) is 28.8 Å². The molecule has 0 spiro atoms. The van der Waals surface area contributed by atoms with Gasteiger partial charge in [-0.15, -0.1) is 0 Å². The van der Waals surface area contributed by atoms with E-state index in [0.29, 0.717) is 5.56 Å². The third kappa shape index (κ3) is 5.91. The van der Waals surface area contributed by atoms with Gasteiger partial charge in [-0.3, -0.25) is 9.59 Å². The lowest BCUT2D eigenvalue weighted by molar-refractivity contribution is -0.140. The van der Waals surface area contributed by atoms with Gasteiger partial charge in [0.2, 0.25) is 11.8 Å². The van der Waals surface area contributed by atoms with Crippen LogP contribution >= 0.6 is 0 Å². The Morgan fingerprint density at radius 3 is 2.46 bits per heavy atom. The largest absolute Gasteiger partial charge is 0.352 e. The highest BCUT2D eigenvalue weighted by Crippen LogP contribution is 2.15. The lowest BCUT2D eigenvalue weighted by atomic mass is 10.1. The van der Waals surface area contributed by atoms with Crippen molar-refractivity contribution < 1.29 is 14.0 Å². The second-order valence-corrected chi connectivity index (χ2v) is 7.27. The molecule has 2 unspecified atom stereocenters. The molecular formula is C23H29FN2O2. The lowest BCUT2D eigenvalue weighted by Crippen LogP contribution is -2.50. The Bertz CT molecular complexity index is 822. The van der Waals surface area contributed by atoms with Crippen LogP contribution in [0, 0.1) is 12.7 Å². The van der Waals surface area contributed by atoms with Gasteiger partial charge in [0.1, 0.15) is 11.9 Å². The van der Waals surface area contributed by atoms with Crippen molar-refractivity contribution in [1.29, 1.82) is 0 Å². The normalized spacial score (nSPS) is 12.9. The quantitative estimate of drug-likeness (QED) is 0.748. The monoisotopic (exact) mass is 384 g/mol. The number of amides is 2. The van der Waals surface area contributed by atoms with Crippen LogP contribution in [0.3, 0.4) is 0 Å². The highest BCUT2D eigenvalue weighted by Gasteiger charge is 2.27. The van der Waals surface area contributed by atoms with Crippen LogP contribution in [0.25, 0.3) is 0 Å². The topological polar surface area (TPSA) is 49.4 Å². The maximum atomic E-state index is 14.2. The molecule has 150 valence electrons. The summed E-state index contributed by atoms with van der Waals surface area (Å²) in [6.45, 7) is 7.60. The fraction of sp³-hybridized carbons (Fsp3) is 0.391. The summed E-state index contributed by atoms with van der Waals surface area (Å²) in [5, 5.41) is 2.91. The van der Waals surface area contributed by atoms with Gasteiger partial charge in [-0.2, -0.15) is 0 Å². The van der Waals surface area contributed by atoms with Crippen molar-refractivity contribution in [2.24, 2.45) is 0 Å². The molecule has 0 aliphatic carbocycles. The number of hydrogen-bond acceptors (Lipinski definition) is 2. The minimum absolute atomic E-state index is 0.0112. The Balaban J connectivity index is 2.25. The smallest absolute Gasteiger partial charge is 0.242 e. The van der Waals surface area contributed by atoms with E-state index in [4.69, 9.17) is 0 Å². The van der Waals surface area contributed by atoms with Gasteiger partial charge < -0.3 is 10.2 Å². The molecule has 0 bridgehead atoms. The number of carbonyl (C=O) groups is 2. The highest BCUT2D eigenvalue weighted by molar-refractivity contribution is 5.88. The highest BCUT2D eigenvalue weighted by atomic mass is 19.1. The van der Waals surface area contributed by atoms with E-state index in [2.05, 4.69) is 5.32 Å². The molecule has 2 aromatic rings. The van der Waals surface area contributed by atoms with Crippen LogP contribution in [0.1, 0.15) is 43.9 Å². The van der Waals surface area contributed by atoms with E-state index in [1.165, 1.54) is 11.0 Å². The molecule has 2 amide bonds. The summed E-state index contributed by atoms with van der Waals surface area (Å²) in [6, 6.07) is 13.3. The van der Waals surface area contributed by atoms with Crippen LogP contribution in [-0.2, 0) is 22.6 Å². The second-order valence-electron chi connectivity index (χ2n) is 7.27. The van der Waals surface area contributed by atoms with Crippen LogP contribution < -0.4 is 5.32 Å². The molecule has 4 nitrogen and oxygen atoms in total. The first-order chi connectivity index (χ1) is 13.3. The van der Waals surface area contributed by atoms with Gasteiger partial charge in [0, 0.05) is 18.2 Å². The first kappa shape index (κ1) is 21.6. The van der Waals surface area contributed by atoms with E-state index >= 15 is 0 Å². The van der Waals surface area contributed by atoms with Gasteiger partial charge >= 0.3 is 0 Å². The molecule has 0 saturated heterocycles. The van der Waals surface area contributed by atoms with E-state index < -0.39 is 6.04 Å². The fourth-order valence-electron chi connectivity index (χ4n) is 2.96. The molecule has 1 N–H and O–H groups in total. The van der Waals surface area contributed by atoms with Gasteiger partial charge in [0.25, 0.3) is 0 Å². The molecule has 0 aromatic heterocycles. The van der Waals surface area contributed by atoms with E-state index in [9.17, 15) is 14.0 Å². The van der Waals surface area contributed by atoms with Crippen molar-refractivity contribution >= 4 is 11.8 Å². The second kappa shape index (κ2) is 10.0. The molecule has 5 heteroatoms. The zero-order valence-electron chi connectivity index (χ0n) is 17.0. The molecule has 0 radical (unpaired) electrons. The Kier molecular flexibility index (Phi) is 7.73. The van der Waals surface area contributed by atoms with Gasteiger partial charge in [0.15, 0.2) is 0 Å². The summed E-state index contributed by atoms with van der Waals surface area (Å²) in [4.78, 5) is 27.2. The number of hydrogen-bond donors (Lipinski definition) is 1. The van der Waals surface area contributed by atoms with Crippen LogP contribution in [0.4, 0.5) is 4.39 Å². The number of nitrogens with zero attached hydrogens (tertiary/aromatic N) is 1. The maximum Gasteiger partial charge on any atom is 0.242 e. The molecule has 2 rings (SSSR count). The van der Waals surface area contributed by atoms with Gasteiger partial charge in [-0.25, -0.2) is 4.39 Å². The summed E-state index contributed by atoms with van der Waals surface area (Å²) in [5.41, 5.74) is 2.33. The number of halogens is 1. The van der Waals surface area contributed by atoms with Crippen molar-refractivity contribution in [2.75, 3.05) is 0 Å². The minimum Gasteiger partial charge on any atom is -0.352 e. The van der Waals surface area contributed by atoms with Crippen LogP contribution in [0.15, 0.2) is 48.5 Å². The standard InChI is InChI=1S/C23H29FN2O2/c1-5-17(3)25-23(28)18(4)26(15-20-11-6-7-12-21(20)24)22(27)14-19-10-8-9-16(2)13-19/h6-13,17-18H,5,14-15H2,1-4H3,(H,25,28). The Morgan fingerprint density at radius 2 is 1.82 bits per heavy atom.